The van der Waals surface area contributed by atoms with Gasteiger partial charge in [-0.3, -0.25) is 0 Å². The van der Waals surface area contributed by atoms with Gasteiger partial charge in [-0.25, -0.2) is 4.79 Å². The van der Waals surface area contributed by atoms with Gasteiger partial charge in [-0.2, -0.15) is 0 Å². The summed E-state index contributed by atoms with van der Waals surface area (Å²) in [7, 11) is 3.81. The highest BCUT2D eigenvalue weighted by Gasteiger charge is 2.17. The monoisotopic (exact) mass is 308 g/mol. The summed E-state index contributed by atoms with van der Waals surface area (Å²) < 4.78 is 5.30. The Morgan fingerprint density at radius 3 is 2.20 bits per heavy atom. The highest BCUT2D eigenvalue weighted by molar-refractivity contribution is 7.51. The van der Waals surface area contributed by atoms with E-state index in [0.29, 0.717) is 16.6 Å². The number of carbonyl (C=O) groups is 1. The third-order valence-electron chi connectivity index (χ3n) is 1.78. The minimum atomic E-state index is -1.86. The van der Waals surface area contributed by atoms with Crippen LogP contribution in [0.1, 0.15) is 13.8 Å². The Bertz CT molecular complexity index is 347. The van der Waals surface area contributed by atoms with Crippen LogP contribution in [0.15, 0.2) is 12.2 Å². The largest absolute Gasteiger partial charge is 0.628 e. The molecule has 0 heterocycles. The molecule has 0 spiro atoms. The molecule has 6 nitrogen and oxygen atoms in total. The van der Waals surface area contributed by atoms with E-state index in [1.54, 1.807) is 13.8 Å². The van der Waals surface area contributed by atoms with Crippen molar-refractivity contribution in [2.45, 2.75) is 13.8 Å². The number of aliphatic hydroxyl groups excluding tert-OH is 2. The van der Waals surface area contributed by atoms with E-state index in [4.69, 9.17) is 9.84 Å². The van der Waals surface area contributed by atoms with Crippen molar-refractivity contribution in [1.29, 1.82) is 0 Å². The summed E-state index contributed by atoms with van der Waals surface area (Å²) in [6.07, 6.45) is 0.139. The fourth-order valence-corrected chi connectivity index (χ4v) is 2.07. The zero-order chi connectivity index (χ0) is 16.3. The van der Waals surface area contributed by atoms with Crippen molar-refractivity contribution in [2.24, 2.45) is 0 Å². The smallest absolute Gasteiger partial charge is 0.333 e. The van der Waals surface area contributed by atoms with Gasteiger partial charge in [-0.1, -0.05) is 6.58 Å². The number of likely N-dealkylation sites (N-methyl/N-ethyl adjacent to an activating group) is 1. The van der Waals surface area contributed by atoms with Crippen LogP contribution in [0, 0.1) is 0 Å². The molecular formula is C13H27NO5P+. The maximum absolute atomic E-state index is 11.6. The maximum Gasteiger partial charge on any atom is 0.333 e. The molecule has 0 aromatic carbocycles. The van der Waals surface area contributed by atoms with Crippen LogP contribution in [0.25, 0.3) is 0 Å². The highest BCUT2D eigenvalue weighted by Crippen LogP contribution is 2.13. The zero-order valence-corrected chi connectivity index (χ0v) is 13.9. The van der Waals surface area contributed by atoms with Crippen molar-refractivity contribution in [3.05, 3.63) is 12.2 Å². The highest BCUT2D eigenvalue weighted by atomic mass is 31.1. The van der Waals surface area contributed by atoms with E-state index in [-0.39, 0.29) is 24.9 Å². The molecule has 20 heavy (non-hydrogen) atoms. The summed E-state index contributed by atoms with van der Waals surface area (Å²) in [6.45, 7) is 7.26. The molecule has 1 atom stereocenters. The standard InChI is InChI=1S/C11H20NO4P.C2H6O/c1-9(2)11(14)16-6-7-17(15)10(13)8-12(3,4)5;1-2-3/h1,6-8H2,2-5H3;3H,2H2,1H3/p+1. The van der Waals surface area contributed by atoms with Gasteiger partial charge in [0.05, 0.1) is 28.9 Å². The summed E-state index contributed by atoms with van der Waals surface area (Å²) in [5.74, 6) is -0.500. The van der Waals surface area contributed by atoms with Crippen molar-refractivity contribution < 1.29 is 29.1 Å². The summed E-state index contributed by atoms with van der Waals surface area (Å²) in [6, 6.07) is 0. The van der Waals surface area contributed by atoms with Crippen LogP contribution in [0.3, 0.4) is 0 Å². The van der Waals surface area contributed by atoms with E-state index in [1.165, 1.54) is 0 Å². The number of hydrogen-bond donors (Lipinski definition) is 2. The molecule has 118 valence electrons. The van der Waals surface area contributed by atoms with Gasteiger partial charge in [0.1, 0.15) is 12.8 Å². The number of quaternary nitrogens is 1. The van der Waals surface area contributed by atoms with Gasteiger partial charge in [0, 0.05) is 12.2 Å². The number of aliphatic hydroxyl groups is 2. The summed E-state index contributed by atoms with van der Waals surface area (Å²) in [5.41, 5.74) is 0.263. The lowest BCUT2D eigenvalue weighted by molar-refractivity contribution is -0.861. The molecule has 0 aromatic rings. The van der Waals surface area contributed by atoms with Gasteiger partial charge < -0.3 is 24.3 Å². The first-order chi connectivity index (χ1) is 9.05. The number of rotatable bonds is 6. The van der Waals surface area contributed by atoms with Crippen molar-refractivity contribution in [3.63, 3.8) is 0 Å². The van der Waals surface area contributed by atoms with Gasteiger partial charge in [-0.05, 0) is 13.8 Å². The predicted molar refractivity (Wildman–Crippen MR) is 80.2 cm³/mol. The SMILES string of the molecule is C=C(C)C(=O)OCC/[P+]([O-])=C(\O)C[N+](C)(C)C.CCO. The molecule has 1 unspecified atom stereocenters. The Kier molecular flexibility index (Phi) is 11.8. The predicted octanol–water partition coefficient (Wildman–Crippen LogP) is 0.0701. The maximum atomic E-state index is 11.6. The summed E-state index contributed by atoms with van der Waals surface area (Å²) >= 11 is 0. The Hall–Kier alpha value is -0.780. The molecule has 7 heteroatoms. The Morgan fingerprint density at radius 1 is 1.40 bits per heavy atom. The van der Waals surface area contributed by atoms with E-state index < -0.39 is 13.7 Å². The van der Waals surface area contributed by atoms with Gasteiger partial charge in [0.15, 0.2) is 6.54 Å². The number of esters is 1. The Balaban J connectivity index is 0. The van der Waals surface area contributed by atoms with Crippen LogP contribution in [-0.2, 0) is 9.53 Å². The average Bonchev–Trinajstić information content (AvgIpc) is 2.27. The lowest BCUT2D eigenvalue weighted by Gasteiger charge is -2.22. The Labute approximate surface area is 122 Å². The molecule has 0 aromatic heterocycles. The second kappa shape index (κ2) is 10.9. The van der Waals surface area contributed by atoms with Crippen molar-refractivity contribution >= 4 is 19.2 Å². The van der Waals surface area contributed by atoms with Crippen molar-refractivity contribution in [2.75, 3.05) is 47.1 Å². The lowest BCUT2D eigenvalue weighted by Crippen LogP contribution is -2.39. The lowest BCUT2D eigenvalue weighted by atomic mass is 10.4. The van der Waals surface area contributed by atoms with Crippen LogP contribution in [-0.4, -0.2) is 73.2 Å². The number of carbonyl (C=O) groups excluding carboxylic acids is 1. The number of hydrogen-bond acceptors (Lipinski definition) is 4. The Morgan fingerprint density at radius 2 is 1.85 bits per heavy atom. The molecule has 0 amide bonds. The van der Waals surface area contributed by atoms with Crippen LogP contribution in [0.2, 0.25) is 0 Å². The first kappa shape index (κ1) is 21.5. The number of nitrogens with zero attached hydrogens (tertiary/aromatic N) is 1. The van der Waals surface area contributed by atoms with Crippen molar-refractivity contribution in [3.8, 4) is 0 Å². The van der Waals surface area contributed by atoms with Crippen molar-refractivity contribution in [1.82, 2.24) is 0 Å². The molecule has 2 N–H and O–H groups in total. The quantitative estimate of drug-likeness (QED) is 0.314. The summed E-state index contributed by atoms with van der Waals surface area (Å²) in [4.78, 5) is 22.6. The first-order valence-electron chi connectivity index (χ1n) is 6.28. The minimum Gasteiger partial charge on any atom is -0.628 e. The molecule has 0 aliphatic heterocycles. The van der Waals surface area contributed by atoms with Gasteiger partial charge in [0.2, 0.25) is 0 Å². The van der Waals surface area contributed by atoms with E-state index in [1.807, 2.05) is 21.1 Å². The van der Waals surface area contributed by atoms with E-state index in [9.17, 15) is 14.8 Å². The molecule has 0 aliphatic carbocycles. The average molecular weight is 308 g/mol. The minimum absolute atomic E-state index is 0.0299. The van der Waals surface area contributed by atoms with Gasteiger partial charge >= 0.3 is 5.97 Å². The fourth-order valence-electron chi connectivity index (χ4n) is 0.977. The number of ether oxygens (including phenoxy) is 1. The van der Waals surface area contributed by atoms with Crippen LogP contribution >= 0.6 is 7.77 Å². The van der Waals surface area contributed by atoms with Gasteiger partial charge in [0.25, 0.3) is 5.48 Å². The zero-order valence-electron chi connectivity index (χ0n) is 13.0. The molecule has 0 bridgehead atoms. The van der Waals surface area contributed by atoms with E-state index >= 15 is 0 Å². The summed E-state index contributed by atoms with van der Waals surface area (Å²) in [5, 5.41) is 17.2. The molecule has 0 saturated heterocycles. The fraction of sp³-hybridized carbons (Fsp3) is 0.692. The normalized spacial score (nSPS) is 12.0. The third-order valence-corrected chi connectivity index (χ3v) is 3.09. The second-order valence-corrected chi connectivity index (χ2v) is 6.92. The molecular weight excluding hydrogens is 281 g/mol. The molecule has 0 aliphatic rings. The topological polar surface area (TPSA) is 89.8 Å². The van der Waals surface area contributed by atoms with E-state index in [0.717, 1.165) is 0 Å². The molecule has 0 saturated carbocycles. The first-order valence-corrected chi connectivity index (χ1v) is 7.73. The van der Waals surface area contributed by atoms with Crippen LogP contribution < -0.4 is 4.89 Å². The molecule has 0 rings (SSSR count). The van der Waals surface area contributed by atoms with E-state index in [2.05, 4.69) is 6.58 Å². The van der Waals surface area contributed by atoms with Crippen LogP contribution in [0.5, 0.6) is 0 Å². The molecule has 0 radical (unpaired) electrons. The van der Waals surface area contributed by atoms with Gasteiger partial charge in [-0.15, -0.1) is 0 Å². The van der Waals surface area contributed by atoms with Crippen LogP contribution in [0.4, 0.5) is 0 Å². The molecule has 0 fully saturated rings. The second-order valence-electron chi connectivity index (χ2n) is 5.20. The third kappa shape index (κ3) is 13.6.